The Morgan fingerprint density at radius 2 is 1.54 bits per heavy atom. The smallest absolute Gasteiger partial charge is 0.408 e. The van der Waals surface area contributed by atoms with Crippen LogP contribution < -0.4 is 10.6 Å². The van der Waals surface area contributed by atoms with Crippen molar-refractivity contribution in [3.63, 3.8) is 0 Å². The Bertz CT molecular complexity index is 1130. The number of hydrogen-bond donors (Lipinski definition) is 2. The van der Waals surface area contributed by atoms with Crippen molar-refractivity contribution < 1.29 is 19.1 Å². The number of rotatable bonds is 9. The lowest BCUT2D eigenvalue weighted by Gasteiger charge is -2.43. The maximum atomic E-state index is 14.4. The third-order valence-electron chi connectivity index (χ3n) is 6.20. The van der Waals surface area contributed by atoms with E-state index in [0.29, 0.717) is 13.0 Å². The molecule has 214 valence electrons. The van der Waals surface area contributed by atoms with E-state index >= 15 is 0 Å². The zero-order valence-corrected chi connectivity index (χ0v) is 25.3. The molecule has 0 aliphatic rings. The van der Waals surface area contributed by atoms with Crippen molar-refractivity contribution in [2.75, 3.05) is 0 Å². The van der Waals surface area contributed by atoms with Crippen LogP contribution in [0.4, 0.5) is 4.79 Å². The van der Waals surface area contributed by atoms with Gasteiger partial charge >= 0.3 is 6.09 Å². The van der Waals surface area contributed by atoms with Crippen LogP contribution in [-0.4, -0.2) is 40.0 Å². The maximum Gasteiger partial charge on any atom is 0.408 e. The molecule has 39 heavy (non-hydrogen) atoms. The molecule has 2 unspecified atom stereocenters. The second-order valence-corrected chi connectivity index (χ2v) is 12.7. The second-order valence-electron chi connectivity index (χ2n) is 12.7. The highest BCUT2D eigenvalue weighted by atomic mass is 16.6. The number of aryl methyl sites for hydroxylation is 2. The van der Waals surface area contributed by atoms with Gasteiger partial charge in [-0.2, -0.15) is 0 Å². The van der Waals surface area contributed by atoms with Crippen LogP contribution in [0, 0.1) is 19.8 Å². The van der Waals surface area contributed by atoms with Gasteiger partial charge in [-0.1, -0.05) is 67.9 Å². The Kier molecular flexibility index (Phi) is 10.7. The third-order valence-corrected chi connectivity index (χ3v) is 6.20. The van der Waals surface area contributed by atoms with Crippen molar-refractivity contribution in [3.8, 4) is 0 Å². The SMILES string of the molecule is Cc1ccc(C)c(C(C(=O)NCc2ccccc2)N(C(=O)C(CC(C)C)NC(=O)OC(C)(C)C)C(C)(C)C)c1. The summed E-state index contributed by atoms with van der Waals surface area (Å²) < 4.78 is 5.48. The summed E-state index contributed by atoms with van der Waals surface area (Å²) in [6.45, 7) is 19.3. The summed E-state index contributed by atoms with van der Waals surface area (Å²) in [5, 5.41) is 5.86. The lowest BCUT2D eigenvalue weighted by atomic mass is 9.91. The molecule has 0 bridgehead atoms. The first kappa shape index (κ1) is 31.9. The van der Waals surface area contributed by atoms with E-state index in [1.807, 2.05) is 97.0 Å². The van der Waals surface area contributed by atoms with Crippen LogP contribution in [0.15, 0.2) is 48.5 Å². The fourth-order valence-electron chi connectivity index (χ4n) is 4.49. The van der Waals surface area contributed by atoms with Gasteiger partial charge in [-0.25, -0.2) is 4.79 Å². The first-order chi connectivity index (χ1) is 18.0. The highest BCUT2D eigenvalue weighted by Gasteiger charge is 2.42. The first-order valence-corrected chi connectivity index (χ1v) is 13.7. The van der Waals surface area contributed by atoms with Crippen molar-refractivity contribution in [1.82, 2.24) is 15.5 Å². The molecule has 0 radical (unpaired) electrons. The van der Waals surface area contributed by atoms with E-state index in [2.05, 4.69) is 10.6 Å². The van der Waals surface area contributed by atoms with Crippen LogP contribution in [-0.2, 0) is 20.9 Å². The zero-order chi connectivity index (χ0) is 29.5. The summed E-state index contributed by atoms with van der Waals surface area (Å²) in [6, 6.07) is 13.8. The Morgan fingerprint density at radius 3 is 2.08 bits per heavy atom. The normalized spacial score (nSPS) is 13.4. The van der Waals surface area contributed by atoms with Crippen LogP contribution in [0.5, 0.6) is 0 Å². The fourth-order valence-corrected chi connectivity index (χ4v) is 4.49. The van der Waals surface area contributed by atoms with Crippen molar-refractivity contribution in [2.24, 2.45) is 5.92 Å². The third kappa shape index (κ3) is 9.72. The van der Waals surface area contributed by atoms with E-state index in [0.717, 1.165) is 22.3 Å². The lowest BCUT2D eigenvalue weighted by molar-refractivity contribution is -0.148. The highest BCUT2D eigenvalue weighted by Crippen LogP contribution is 2.33. The highest BCUT2D eigenvalue weighted by molar-refractivity contribution is 5.93. The Hall–Kier alpha value is -3.35. The quantitative estimate of drug-likeness (QED) is 0.397. The minimum absolute atomic E-state index is 0.113. The molecule has 0 saturated carbocycles. The molecular weight excluding hydrogens is 490 g/mol. The number of nitrogens with zero attached hydrogens (tertiary/aromatic N) is 1. The van der Waals surface area contributed by atoms with Gasteiger partial charge in [0.05, 0.1) is 0 Å². The summed E-state index contributed by atoms with van der Waals surface area (Å²) in [5.74, 6) is -0.499. The van der Waals surface area contributed by atoms with Gasteiger partial charge in [0.15, 0.2) is 0 Å². The Morgan fingerprint density at radius 1 is 0.923 bits per heavy atom. The van der Waals surface area contributed by atoms with Gasteiger partial charge in [0, 0.05) is 12.1 Å². The first-order valence-electron chi connectivity index (χ1n) is 13.7. The molecule has 0 spiro atoms. The second kappa shape index (κ2) is 13.1. The van der Waals surface area contributed by atoms with Gasteiger partial charge in [0.2, 0.25) is 11.8 Å². The summed E-state index contributed by atoms with van der Waals surface area (Å²) in [5.41, 5.74) is 2.16. The van der Waals surface area contributed by atoms with Crippen molar-refractivity contribution >= 4 is 17.9 Å². The molecule has 2 N–H and O–H groups in total. The lowest BCUT2D eigenvalue weighted by Crippen LogP contribution is -2.59. The van der Waals surface area contributed by atoms with Gasteiger partial charge in [-0.05, 0) is 84.4 Å². The number of benzene rings is 2. The number of hydrogen-bond acceptors (Lipinski definition) is 4. The van der Waals surface area contributed by atoms with Crippen molar-refractivity contribution in [3.05, 3.63) is 70.8 Å². The molecule has 2 aromatic carbocycles. The molecule has 0 heterocycles. The van der Waals surface area contributed by atoms with Gasteiger partial charge < -0.3 is 20.3 Å². The molecule has 0 saturated heterocycles. The van der Waals surface area contributed by atoms with Crippen LogP contribution >= 0.6 is 0 Å². The van der Waals surface area contributed by atoms with Crippen molar-refractivity contribution in [2.45, 2.75) is 105 Å². The molecule has 7 nitrogen and oxygen atoms in total. The van der Waals surface area contributed by atoms with Crippen LogP contribution in [0.3, 0.4) is 0 Å². The number of amides is 3. The molecule has 2 rings (SSSR count). The van der Waals surface area contributed by atoms with Gasteiger partial charge in [-0.15, -0.1) is 0 Å². The predicted molar refractivity (Wildman–Crippen MR) is 156 cm³/mol. The van der Waals surface area contributed by atoms with E-state index in [9.17, 15) is 14.4 Å². The summed E-state index contributed by atoms with van der Waals surface area (Å²) in [7, 11) is 0. The van der Waals surface area contributed by atoms with Crippen LogP contribution in [0.1, 0.15) is 90.1 Å². The van der Waals surface area contributed by atoms with E-state index in [4.69, 9.17) is 4.74 Å². The van der Waals surface area contributed by atoms with E-state index < -0.39 is 29.3 Å². The Balaban J connectivity index is 2.58. The molecule has 2 atom stereocenters. The topological polar surface area (TPSA) is 87.7 Å². The summed E-state index contributed by atoms with van der Waals surface area (Å²) in [6.07, 6.45) is -0.261. The average Bonchev–Trinajstić information content (AvgIpc) is 2.80. The number of carbonyl (C=O) groups is 3. The number of alkyl carbamates (subject to hydrolysis) is 1. The molecule has 0 fully saturated rings. The standard InChI is InChI=1S/C32H47N3O4/c1-21(2)18-26(34-30(38)39-32(8,9)10)29(37)35(31(5,6)7)27(25-19-22(3)16-17-23(25)4)28(36)33-20-24-14-12-11-13-15-24/h11-17,19,21,26-27H,18,20H2,1-10H3,(H,33,36)(H,34,38). The minimum atomic E-state index is -0.906. The van der Waals surface area contributed by atoms with E-state index in [-0.39, 0.29) is 17.7 Å². The number of nitrogens with one attached hydrogen (secondary N) is 2. The summed E-state index contributed by atoms with van der Waals surface area (Å²) >= 11 is 0. The molecule has 0 aliphatic heterocycles. The monoisotopic (exact) mass is 537 g/mol. The molecule has 7 heteroatoms. The molecule has 0 aromatic heterocycles. The van der Waals surface area contributed by atoms with Gasteiger partial charge in [-0.3, -0.25) is 9.59 Å². The molecule has 2 aromatic rings. The van der Waals surface area contributed by atoms with Gasteiger partial charge in [0.1, 0.15) is 17.7 Å². The molecular formula is C32H47N3O4. The zero-order valence-electron chi connectivity index (χ0n) is 25.3. The van der Waals surface area contributed by atoms with E-state index in [1.54, 1.807) is 25.7 Å². The number of carbonyl (C=O) groups excluding carboxylic acids is 3. The maximum absolute atomic E-state index is 14.4. The largest absolute Gasteiger partial charge is 0.444 e. The van der Waals surface area contributed by atoms with Crippen LogP contribution in [0.2, 0.25) is 0 Å². The fraction of sp³-hybridized carbons (Fsp3) is 0.531. The van der Waals surface area contributed by atoms with E-state index in [1.165, 1.54) is 0 Å². The molecule has 0 aliphatic carbocycles. The van der Waals surface area contributed by atoms with Crippen LogP contribution in [0.25, 0.3) is 0 Å². The number of ether oxygens (including phenoxy) is 1. The molecule has 3 amide bonds. The Labute approximate surface area is 234 Å². The van der Waals surface area contributed by atoms with Crippen molar-refractivity contribution in [1.29, 1.82) is 0 Å². The minimum Gasteiger partial charge on any atom is -0.444 e. The predicted octanol–water partition coefficient (Wildman–Crippen LogP) is 6.23. The summed E-state index contributed by atoms with van der Waals surface area (Å²) in [4.78, 5) is 42.8. The van der Waals surface area contributed by atoms with Gasteiger partial charge in [0.25, 0.3) is 0 Å². The average molecular weight is 538 g/mol.